The number of carbonyl (C=O) groups excluding carboxylic acids is 1. The molecule has 32 heavy (non-hydrogen) atoms. The molecule has 166 valence electrons. The Morgan fingerprint density at radius 2 is 1.91 bits per heavy atom. The van der Waals surface area contributed by atoms with Crippen molar-refractivity contribution in [2.45, 2.75) is 19.0 Å². The van der Waals surface area contributed by atoms with Crippen molar-refractivity contribution in [3.63, 3.8) is 0 Å². The fraction of sp³-hybridized carbons (Fsp3) is 0.250. The van der Waals surface area contributed by atoms with Crippen LogP contribution in [-0.4, -0.2) is 35.7 Å². The second kappa shape index (κ2) is 9.00. The number of aromatic nitrogens is 1. The molecule has 0 unspecified atom stereocenters. The largest absolute Gasteiger partial charge is 0.416 e. The molecule has 1 aromatic heterocycles. The van der Waals surface area contributed by atoms with Crippen molar-refractivity contribution in [2.24, 2.45) is 0 Å². The van der Waals surface area contributed by atoms with Gasteiger partial charge in [-0.2, -0.15) is 13.2 Å². The highest BCUT2D eigenvalue weighted by Crippen LogP contribution is 2.36. The molecule has 5 nitrogen and oxygen atoms in total. The molecule has 1 aliphatic rings. The van der Waals surface area contributed by atoms with Crippen LogP contribution >= 0.6 is 0 Å². The zero-order chi connectivity index (χ0) is 22.7. The van der Waals surface area contributed by atoms with Gasteiger partial charge in [-0.1, -0.05) is 24.3 Å². The van der Waals surface area contributed by atoms with E-state index in [-0.39, 0.29) is 19.1 Å². The summed E-state index contributed by atoms with van der Waals surface area (Å²) in [4.78, 5) is 18.8. The molecule has 2 N–H and O–H groups in total. The van der Waals surface area contributed by atoms with E-state index in [4.69, 9.17) is 5.11 Å². The van der Waals surface area contributed by atoms with Gasteiger partial charge in [-0.05, 0) is 53.8 Å². The van der Waals surface area contributed by atoms with Crippen molar-refractivity contribution in [3.8, 4) is 0 Å². The van der Waals surface area contributed by atoms with Crippen LogP contribution in [0.1, 0.15) is 32.6 Å². The van der Waals surface area contributed by atoms with Gasteiger partial charge in [0.25, 0.3) is 5.91 Å². The number of hydrogen-bond acceptors (Lipinski definition) is 4. The lowest BCUT2D eigenvalue weighted by Crippen LogP contribution is -2.27. The number of benzene rings is 2. The predicted molar refractivity (Wildman–Crippen MR) is 115 cm³/mol. The van der Waals surface area contributed by atoms with Crippen molar-refractivity contribution >= 4 is 17.3 Å². The molecule has 0 bridgehead atoms. The van der Waals surface area contributed by atoms with Gasteiger partial charge in [-0.15, -0.1) is 0 Å². The van der Waals surface area contributed by atoms with E-state index in [9.17, 15) is 18.0 Å². The normalized spacial score (nSPS) is 13.2. The molecule has 3 aromatic rings. The monoisotopic (exact) mass is 441 g/mol. The highest BCUT2D eigenvalue weighted by Gasteiger charge is 2.30. The summed E-state index contributed by atoms with van der Waals surface area (Å²) in [7, 11) is 0. The fourth-order valence-electron chi connectivity index (χ4n) is 3.99. The lowest BCUT2D eigenvalue weighted by molar-refractivity contribution is -0.137. The maximum absolute atomic E-state index is 13.0. The first kappa shape index (κ1) is 21.8. The molecule has 1 aliphatic heterocycles. The SMILES string of the molecule is O=C(NCCO)c1cccc2c1CCN2c1cncc(Cc2cccc(C(F)(F)F)c2)c1. The third-order valence-corrected chi connectivity index (χ3v) is 5.42. The lowest BCUT2D eigenvalue weighted by Gasteiger charge is -2.20. The van der Waals surface area contributed by atoms with Crippen molar-refractivity contribution in [3.05, 3.63) is 88.7 Å². The van der Waals surface area contributed by atoms with E-state index in [1.165, 1.54) is 6.07 Å². The fourth-order valence-corrected chi connectivity index (χ4v) is 3.99. The molecule has 8 heteroatoms. The average Bonchev–Trinajstić information content (AvgIpc) is 3.21. The lowest BCUT2D eigenvalue weighted by atomic mass is 10.0. The standard InChI is InChI=1S/C24H22F3N3O2/c25-24(26,27)18-4-1-3-16(12-18)11-17-13-19(15-28-14-17)30-9-7-20-21(5-2-6-22(20)30)23(32)29-8-10-31/h1-6,12-15,31H,7-11H2,(H,29,32). The molecule has 0 atom stereocenters. The van der Waals surface area contributed by atoms with E-state index in [1.54, 1.807) is 24.5 Å². The Labute approximate surface area is 183 Å². The van der Waals surface area contributed by atoms with E-state index in [1.807, 2.05) is 18.2 Å². The molecule has 0 radical (unpaired) electrons. The first-order chi connectivity index (χ1) is 15.4. The van der Waals surface area contributed by atoms with Crippen LogP contribution in [0.5, 0.6) is 0 Å². The van der Waals surface area contributed by atoms with Crippen LogP contribution in [0.15, 0.2) is 60.9 Å². The van der Waals surface area contributed by atoms with Gasteiger partial charge in [-0.25, -0.2) is 0 Å². The van der Waals surface area contributed by atoms with Crippen LogP contribution < -0.4 is 10.2 Å². The molecule has 0 saturated carbocycles. The van der Waals surface area contributed by atoms with Crippen LogP contribution in [-0.2, 0) is 19.0 Å². The zero-order valence-corrected chi connectivity index (χ0v) is 17.2. The minimum absolute atomic E-state index is 0.128. The van der Waals surface area contributed by atoms with Crippen molar-refractivity contribution < 1.29 is 23.1 Å². The second-order valence-corrected chi connectivity index (χ2v) is 7.61. The van der Waals surface area contributed by atoms with Gasteiger partial charge in [0.1, 0.15) is 0 Å². The second-order valence-electron chi connectivity index (χ2n) is 7.61. The van der Waals surface area contributed by atoms with E-state index in [0.29, 0.717) is 30.5 Å². The summed E-state index contributed by atoms with van der Waals surface area (Å²) in [5.74, 6) is -0.228. The Hall–Kier alpha value is -3.39. The number of nitrogens with zero attached hydrogens (tertiary/aromatic N) is 2. The number of aliphatic hydroxyl groups excluding tert-OH is 1. The van der Waals surface area contributed by atoms with Gasteiger partial charge < -0.3 is 15.3 Å². The zero-order valence-electron chi connectivity index (χ0n) is 17.2. The van der Waals surface area contributed by atoms with Crippen LogP contribution in [0.2, 0.25) is 0 Å². The number of halogens is 3. The van der Waals surface area contributed by atoms with E-state index < -0.39 is 11.7 Å². The average molecular weight is 441 g/mol. The summed E-state index contributed by atoms with van der Waals surface area (Å²) in [6.07, 6.45) is -0.00966. The maximum atomic E-state index is 13.0. The number of hydrogen-bond donors (Lipinski definition) is 2. The van der Waals surface area contributed by atoms with Crippen LogP contribution in [0.25, 0.3) is 0 Å². The number of alkyl halides is 3. The number of fused-ring (bicyclic) bond motifs is 1. The number of anilines is 2. The minimum Gasteiger partial charge on any atom is -0.395 e. The quantitative estimate of drug-likeness (QED) is 0.604. The number of rotatable bonds is 6. The Kier molecular flexibility index (Phi) is 6.14. The molecule has 4 rings (SSSR count). The molecule has 1 amide bonds. The summed E-state index contributed by atoms with van der Waals surface area (Å²) in [6.45, 7) is 0.721. The Bertz CT molecular complexity index is 1130. The predicted octanol–water partition coefficient (Wildman–Crippen LogP) is 4.11. The van der Waals surface area contributed by atoms with Gasteiger partial charge in [0.15, 0.2) is 0 Å². The third-order valence-electron chi connectivity index (χ3n) is 5.42. The van der Waals surface area contributed by atoms with Crippen LogP contribution in [0.4, 0.5) is 24.5 Å². The summed E-state index contributed by atoms with van der Waals surface area (Å²) >= 11 is 0. The number of aliphatic hydroxyl groups is 1. The molecule has 0 saturated heterocycles. The van der Waals surface area contributed by atoms with Gasteiger partial charge in [0.05, 0.1) is 24.1 Å². The van der Waals surface area contributed by atoms with E-state index >= 15 is 0 Å². The number of amides is 1. The molecule has 2 aromatic carbocycles. The van der Waals surface area contributed by atoms with Crippen molar-refractivity contribution in [2.75, 3.05) is 24.6 Å². The van der Waals surface area contributed by atoms with Gasteiger partial charge in [-0.3, -0.25) is 9.78 Å². The Balaban J connectivity index is 1.58. The Morgan fingerprint density at radius 1 is 1.09 bits per heavy atom. The topological polar surface area (TPSA) is 65.5 Å². The van der Waals surface area contributed by atoms with E-state index in [0.717, 1.165) is 34.6 Å². The van der Waals surface area contributed by atoms with Gasteiger partial charge >= 0.3 is 6.18 Å². The highest BCUT2D eigenvalue weighted by atomic mass is 19.4. The summed E-state index contributed by atoms with van der Waals surface area (Å²) in [6, 6.07) is 12.7. The molecule has 0 aliphatic carbocycles. The van der Waals surface area contributed by atoms with Crippen molar-refractivity contribution in [1.82, 2.24) is 10.3 Å². The Morgan fingerprint density at radius 3 is 2.69 bits per heavy atom. The highest BCUT2D eigenvalue weighted by molar-refractivity contribution is 5.98. The first-order valence-corrected chi connectivity index (χ1v) is 10.3. The van der Waals surface area contributed by atoms with Crippen molar-refractivity contribution in [1.29, 1.82) is 0 Å². The summed E-state index contributed by atoms with van der Waals surface area (Å²) in [5, 5.41) is 11.6. The molecule has 0 fully saturated rings. The van der Waals surface area contributed by atoms with Crippen LogP contribution in [0, 0.1) is 0 Å². The minimum atomic E-state index is -4.38. The number of nitrogens with one attached hydrogen (secondary N) is 1. The number of carbonyl (C=O) groups is 1. The number of pyridine rings is 1. The smallest absolute Gasteiger partial charge is 0.395 e. The first-order valence-electron chi connectivity index (χ1n) is 10.3. The van der Waals surface area contributed by atoms with E-state index in [2.05, 4.69) is 15.2 Å². The van der Waals surface area contributed by atoms with Gasteiger partial charge in [0.2, 0.25) is 0 Å². The molecule has 2 heterocycles. The van der Waals surface area contributed by atoms with Crippen LogP contribution in [0.3, 0.4) is 0 Å². The molecular weight excluding hydrogens is 419 g/mol. The molecule has 0 spiro atoms. The van der Waals surface area contributed by atoms with Gasteiger partial charge in [0, 0.05) is 30.5 Å². The summed E-state index contributed by atoms with van der Waals surface area (Å²) < 4.78 is 39.0. The maximum Gasteiger partial charge on any atom is 0.416 e. The third kappa shape index (κ3) is 4.60. The summed E-state index contributed by atoms with van der Waals surface area (Å²) in [5.41, 5.74) is 3.91. The molecular formula is C24H22F3N3O2.